The van der Waals surface area contributed by atoms with Gasteiger partial charge in [-0.1, -0.05) is 13.8 Å². The second-order valence-electron chi connectivity index (χ2n) is 3.25. The van der Waals surface area contributed by atoms with Gasteiger partial charge in [-0.2, -0.15) is 18.4 Å². The van der Waals surface area contributed by atoms with Crippen LogP contribution in [0.2, 0.25) is 0 Å². The van der Waals surface area contributed by atoms with E-state index in [1.54, 1.807) is 5.32 Å². The smallest absolute Gasteiger partial charge is 0.330 e. The lowest BCUT2D eigenvalue weighted by molar-refractivity contribution is -0.192. The highest BCUT2D eigenvalue weighted by Gasteiger charge is 2.58. The largest absolute Gasteiger partial charge is 0.425 e. The maximum atomic E-state index is 12.5. The van der Waals surface area contributed by atoms with Crippen molar-refractivity contribution in [3.63, 3.8) is 0 Å². The molecule has 1 amide bonds. The molecule has 80 valence electrons. The van der Waals surface area contributed by atoms with Crippen LogP contribution in [0, 0.1) is 17.2 Å². The molecule has 0 aromatic rings. The predicted molar refractivity (Wildman–Crippen MR) is 43.1 cm³/mol. The molecule has 0 radical (unpaired) electrons. The SMILES string of the molecule is CC(=O)NC(C#N)(C(C)C)C(F)(F)F. The molecule has 0 aliphatic carbocycles. The first-order valence-electron chi connectivity index (χ1n) is 3.94. The number of halogens is 3. The van der Waals surface area contributed by atoms with Gasteiger partial charge in [0.25, 0.3) is 0 Å². The number of hydrogen-bond donors (Lipinski definition) is 1. The van der Waals surface area contributed by atoms with Gasteiger partial charge in [0.2, 0.25) is 11.4 Å². The molecular weight excluding hydrogens is 197 g/mol. The molecule has 0 bridgehead atoms. The average Bonchev–Trinajstić information content (AvgIpc) is 1.96. The zero-order chi connectivity index (χ0) is 11.6. The molecule has 0 heterocycles. The van der Waals surface area contributed by atoms with Gasteiger partial charge in [0.1, 0.15) is 6.07 Å². The number of alkyl halides is 3. The lowest BCUT2D eigenvalue weighted by Crippen LogP contribution is -2.60. The monoisotopic (exact) mass is 208 g/mol. The van der Waals surface area contributed by atoms with Crippen LogP contribution in [0.4, 0.5) is 13.2 Å². The van der Waals surface area contributed by atoms with Crippen molar-refractivity contribution in [1.82, 2.24) is 5.32 Å². The molecule has 3 nitrogen and oxygen atoms in total. The van der Waals surface area contributed by atoms with Crippen molar-refractivity contribution < 1.29 is 18.0 Å². The maximum Gasteiger partial charge on any atom is 0.425 e. The fourth-order valence-corrected chi connectivity index (χ4v) is 1.04. The van der Waals surface area contributed by atoms with Crippen molar-refractivity contribution in [1.29, 1.82) is 5.26 Å². The molecule has 0 spiro atoms. The lowest BCUT2D eigenvalue weighted by Gasteiger charge is -2.32. The Morgan fingerprint density at radius 2 is 1.86 bits per heavy atom. The molecule has 0 aliphatic rings. The maximum absolute atomic E-state index is 12.5. The average molecular weight is 208 g/mol. The minimum Gasteiger partial charge on any atom is -0.330 e. The molecule has 0 saturated carbocycles. The van der Waals surface area contributed by atoms with Crippen LogP contribution in [-0.4, -0.2) is 17.6 Å². The van der Waals surface area contributed by atoms with Gasteiger partial charge >= 0.3 is 6.18 Å². The van der Waals surface area contributed by atoms with E-state index in [4.69, 9.17) is 5.26 Å². The van der Waals surface area contributed by atoms with Crippen molar-refractivity contribution in [3.8, 4) is 6.07 Å². The normalized spacial score (nSPS) is 15.9. The summed E-state index contributed by atoms with van der Waals surface area (Å²) in [7, 11) is 0. The molecule has 0 aromatic carbocycles. The molecule has 6 heteroatoms. The minimum absolute atomic E-state index is 0.877. The second kappa shape index (κ2) is 3.86. The lowest BCUT2D eigenvalue weighted by atomic mass is 9.87. The molecule has 0 aromatic heterocycles. The summed E-state index contributed by atoms with van der Waals surface area (Å²) in [6.45, 7) is 3.40. The zero-order valence-electron chi connectivity index (χ0n) is 8.07. The van der Waals surface area contributed by atoms with E-state index < -0.39 is 23.5 Å². The Bertz CT molecular complexity index is 267. The van der Waals surface area contributed by atoms with Crippen molar-refractivity contribution in [2.75, 3.05) is 0 Å². The van der Waals surface area contributed by atoms with Crippen molar-refractivity contribution >= 4 is 5.91 Å². The molecule has 0 rings (SSSR count). The van der Waals surface area contributed by atoms with Gasteiger partial charge < -0.3 is 5.32 Å². The van der Waals surface area contributed by atoms with E-state index >= 15 is 0 Å². The van der Waals surface area contributed by atoms with Crippen LogP contribution in [-0.2, 0) is 4.79 Å². The molecule has 1 unspecified atom stereocenters. The third-order valence-corrected chi connectivity index (χ3v) is 1.86. The van der Waals surface area contributed by atoms with Gasteiger partial charge in [-0.25, -0.2) is 0 Å². The Morgan fingerprint density at radius 1 is 1.43 bits per heavy atom. The Labute approximate surface area is 79.9 Å². The summed E-state index contributed by atoms with van der Waals surface area (Å²) in [6, 6.07) is 1.13. The number of carbonyl (C=O) groups excluding carboxylic acids is 1. The highest BCUT2D eigenvalue weighted by atomic mass is 19.4. The topological polar surface area (TPSA) is 52.9 Å². The molecule has 0 fully saturated rings. The second-order valence-corrected chi connectivity index (χ2v) is 3.25. The first-order chi connectivity index (χ1) is 6.17. The quantitative estimate of drug-likeness (QED) is 0.749. The summed E-state index contributed by atoms with van der Waals surface area (Å²) in [5, 5.41) is 10.2. The van der Waals surface area contributed by atoms with Gasteiger partial charge in [0.05, 0.1) is 0 Å². The van der Waals surface area contributed by atoms with E-state index in [-0.39, 0.29) is 0 Å². The fourth-order valence-electron chi connectivity index (χ4n) is 1.04. The number of carbonyl (C=O) groups is 1. The summed E-state index contributed by atoms with van der Waals surface area (Å²) >= 11 is 0. The van der Waals surface area contributed by atoms with E-state index in [1.165, 1.54) is 13.8 Å². The van der Waals surface area contributed by atoms with Crippen molar-refractivity contribution in [2.24, 2.45) is 5.92 Å². The third kappa shape index (κ3) is 2.16. The van der Waals surface area contributed by atoms with Crippen LogP contribution < -0.4 is 5.32 Å². The van der Waals surface area contributed by atoms with E-state index in [1.807, 2.05) is 0 Å². The number of amides is 1. The number of nitriles is 1. The minimum atomic E-state index is -4.78. The first kappa shape index (κ1) is 12.8. The first-order valence-corrected chi connectivity index (χ1v) is 3.94. The standard InChI is InChI=1S/C8H11F3N2O/c1-5(2)7(4-12,8(9,10)11)13-6(3)14/h5H,1-3H3,(H,13,14). The fraction of sp³-hybridized carbons (Fsp3) is 0.750. The van der Waals surface area contributed by atoms with Gasteiger partial charge in [0.15, 0.2) is 0 Å². The highest BCUT2D eigenvalue weighted by molar-refractivity contribution is 5.74. The van der Waals surface area contributed by atoms with Gasteiger partial charge in [-0.05, 0) is 5.92 Å². The zero-order valence-corrected chi connectivity index (χ0v) is 8.07. The Hall–Kier alpha value is -1.25. The summed E-state index contributed by atoms with van der Waals surface area (Å²) in [5.41, 5.74) is -2.79. The van der Waals surface area contributed by atoms with Crippen molar-refractivity contribution in [2.45, 2.75) is 32.5 Å². The van der Waals surface area contributed by atoms with E-state index in [0.717, 1.165) is 13.0 Å². The van der Waals surface area contributed by atoms with Crippen LogP contribution in [0.25, 0.3) is 0 Å². The predicted octanol–water partition coefficient (Wildman–Crippen LogP) is 1.60. The van der Waals surface area contributed by atoms with Gasteiger partial charge in [0, 0.05) is 6.92 Å². The number of hydrogen-bond acceptors (Lipinski definition) is 2. The van der Waals surface area contributed by atoms with Gasteiger partial charge in [-0.3, -0.25) is 4.79 Å². The van der Waals surface area contributed by atoms with Crippen LogP contribution >= 0.6 is 0 Å². The number of rotatable bonds is 2. The molecule has 0 saturated heterocycles. The summed E-state index contributed by atoms with van der Waals surface area (Å²) in [4.78, 5) is 10.6. The Kier molecular flexibility index (Phi) is 3.52. The Balaban J connectivity index is 5.24. The molecule has 14 heavy (non-hydrogen) atoms. The number of nitrogens with zero attached hydrogens (tertiary/aromatic N) is 1. The number of nitrogens with one attached hydrogen (secondary N) is 1. The van der Waals surface area contributed by atoms with Crippen molar-refractivity contribution in [3.05, 3.63) is 0 Å². The van der Waals surface area contributed by atoms with Crippen LogP contribution in [0.3, 0.4) is 0 Å². The molecule has 1 N–H and O–H groups in total. The molecule has 0 aliphatic heterocycles. The summed E-state index contributed by atoms with van der Waals surface area (Å²) in [5.74, 6) is -1.92. The van der Waals surface area contributed by atoms with E-state index in [9.17, 15) is 18.0 Å². The molecule has 1 atom stereocenters. The summed E-state index contributed by atoms with van der Waals surface area (Å²) < 4.78 is 37.6. The van der Waals surface area contributed by atoms with Crippen LogP contribution in [0.5, 0.6) is 0 Å². The van der Waals surface area contributed by atoms with E-state index in [0.29, 0.717) is 0 Å². The van der Waals surface area contributed by atoms with Crippen LogP contribution in [0.1, 0.15) is 20.8 Å². The Morgan fingerprint density at radius 3 is 1.93 bits per heavy atom. The summed E-state index contributed by atoms with van der Waals surface area (Å²) in [6.07, 6.45) is -4.78. The van der Waals surface area contributed by atoms with Crippen LogP contribution in [0.15, 0.2) is 0 Å². The molecular formula is C8H11F3N2O. The third-order valence-electron chi connectivity index (χ3n) is 1.86. The van der Waals surface area contributed by atoms with E-state index in [2.05, 4.69) is 0 Å². The van der Waals surface area contributed by atoms with Gasteiger partial charge in [-0.15, -0.1) is 0 Å². The highest BCUT2D eigenvalue weighted by Crippen LogP contribution is 2.35.